The molecule has 3 rings (SSSR count). The molecule has 0 atom stereocenters. The van der Waals surface area contributed by atoms with Gasteiger partial charge >= 0.3 is 6.03 Å². The zero-order valence-corrected chi connectivity index (χ0v) is 22.2. The molecule has 0 spiro atoms. The Labute approximate surface area is 210 Å². The van der Waals surface area contributed by atoms with E-state index in [0.29, 0.717) is 17.7 Å². The molecule has 2 amide bonds. The van der Waals surface area contributed by atoms with Gasteiger partial charge in [-0.1, -0.05) is 31.5 Å². The summed E-state index contributed by atoms with van der Waals surface area (Å²) in [7, 11) is 2.10. The highest BCUT2D eigenvalue weighted by Gasteiger charge is 2.26. The minimum absolute atomic E-state index is 0.0301. The Balaban J connectivity index is 0.000000670. The van der Waals surface area contributed by atoms with Crippen molar-refractivity contribution in [2.45, 2.75) is 66.5 Å². The van der Waals surface area contributed by atoms with Gasteiger partial charge in [-0.25, -0.2) is 9.69 Å². The quantitative estimate of drug-likeness (QED) is 0.357. The number of piperidine rings is 1. The zero-order valence-electron chi connectivity index (χ0n) is 22.2. The monoisotopic (exact) mass is 483 g/mol. The third kappa shape index (κ3) is 9.86. The highest BCUT2D eigenvalue weighted by atomic mass is 16.5. The van der Waals surface area contributed by atoms with Crippen LogP contribution in [-0.4, -0.2) is 60.5 Å². The van der Waals surface area contributed by atoms with E-state index in [0.717, 1.165) is 37.1 Å². The summed E-state index contributed by atoms with van der Waals surface area (Å²) in [6.45, 7) is 13.9. The summed E-state index contributed by atoms with van der Waals surface area (Å²) < 4.78 is 4.36. The summed E-state index contributed by atoms with van der Waals surface area (Å²) in [5.41, 5.74) is 3.36. The van der Waals surface area contributed by atoms with E-state index in [2.05, 4.69) is 27.0 Å². The number of aromatic nitrogens is 1. The van der Waals surface area contributed by atoms with Crippen LogP contribution in [0.5, 0.6) is 0 Å². The molecule has 8 heteroatoms. The second kappa shape index (κ2) is 15.6. The third-order valence-corrected chi connectivity index (χ3v) is 5.37. The lowest BCUT2D eigenvalue weighted by Gasteiger charge is -2.32. The number of nitrogens with one attached hydrogen (secondary N) is 2. The molecule has 2 N–H and O–H groups in total. The standard InChI is InChI=1S/C21H27N5O.C4H8O2.C2H6/c1-15-4-6-18(7-5-15)26(20(22)19-8-11-23-14-16(19)2)21(27)24-17-9-12-25(3)13-10-17;1-4(2)6-3-5;1-2/h4-8,11,14,17,22H,9-10,12-13H2,1-3H3,(H,24,27);3-4H,1-2H3;1-2H3. The minimum Gasteiger partial charge on any atom is -0.465 e. The van der Waals surface area contributed by atoms with Gasteiger partial charge in [0.1, 0.15) is 5.84 Å². The molecular formula is C27H41N5O3. The maximum Gasteiger partial charge on any atom is 0.327 e. The zero-order chi connectivity index (χ0) is 26.4. The van der Waals surface area contributed by atoms with Gasteiger partial charge < -0.3 is 15.0 Å². The molecule has 0 unspecified atom stereocenters. The lowest BCUT2D eigenvalue weighted by Crippen LogP contribution is -2.50. The maximum absolute atomic E-state index is 13.1. The van der Waals surface area contributed by atoms with Crippen LogP contribution < -0.4 is 10.2 Å². The van der Waals surface area contributed by atoms with Crippen LogP contribution in [0, 0.1) is 19.3 Å². The van der Waals surface area contributed by atoms with Crippen LogP contribution in [-0.2, 0) is 9.53 Å². The first-order chi connectivity index (χ1) is 16.7. The average Bonchev–Trinajstić information content (AvgIpc) is 2.84. The smallest absolute Gasteiger partial charge is 0.327 e. The predicted molar refractivity (Wildman–Crippen MR) is 142 cm³/mol. The van der Waals surface area contributed by atoms with Crippen molar-refractivity contribution in [3.8, 4) is 0 Å². The van der Waals surface area contributed by atoms with Crippen LogP contribution >= 0.6 is 0 Å². The molecule has 0 radical (unpaired) electrons. The normalized spacial score (nSPS) is 13.5. The molecule has 35 heavy (non-hydrogen) atoms. The summed E-state index contributed by atoms with van der Waals surface area (Å²) in [6, 6.07) is 9.34. The molecule has 1 aromatic heterocycles. The predicted octanol–water partition coefficient (Wildman–Crippen LogP) is 4.93. The first-order valence-electron chi connectivity index (χ1n) is 12.2. The number of ether oxygens (including phenoxy) is 1. The molecule has 2 heterocycles. The molecule has 2 aromatic rings. The molecule has 0 saturated carbocycles. The Hall–Kier alpha value is -3.26. The molecule has 0 aliphatic carbocycles. The van der Waals surface area contributed by atoms with Crippen molar-refractivity contribution in [2.24, 2.45) is 0 Å². The summed E-state index contributed by atoms with van der Waals surface area (Å²) in [5, 5.41) is 11.9. The number of anilines is 1. The van der Waals surface area contributed by atoms with E-state index >= 15 is 0 Å². The van der Waals surface area contributed by atoms with Gasteiger partial charge in [0.05, 0.1) is 11.8 Å². The second-order valence-electron chi connectivity index (χ2n) is 8.52. The van der Waals surface area contributed by atoms with Crippen molar-refractivity contribution in [3.63, 3.8) is 0 Å². The van der Waals surface area contributed by atoms with E-state index in [1.807, 2.05) is 52.0 Å². The van der Waals surface area contributed by atoms with Gasteiger partial charge in [0.15, 0.2) is 0 Å². The molecule has 8 nitrogen and oxygen atoms in total. The van der Waals surface area contributed by atoms with Crippen LogP contribution in [0.15, 0.2) is 42.7 Å². The number of carbonyl (C=O) groups excluding carboxylic acids is 2. The van der Waals surface area contributed by atoms with Crippen molar-refractivity contribution in [1.29, 1.82) is 5.41 Å². The number of pyridine rings is 1. The molecule has 192 valence electrons. The van der Waals surface area contributed by atoms with E-state index in [9.17, 15) is 9.59 Å². The minimum atomic E-state index is -0.255. The van der Waals surface area contributed by atoms with E-state index in [4.69, 9.17) is 5.41 Å². The van der Waals surface area contributed by atoms with Crippen LogP contribution in [0.3, 0.4) is 0 Å². The van der Waals surface area contributed by atoms with Crippen LogP contribution in [0.25, 0.3) is 0 Å². The van der Waals surface area contributed by atoms with Crippen molar-refractivity contribution in [2.75, 3.05) is 25.0 Å². The van der Waals surface area contributed by atoms with Gasteiger partial charge in [-0.3, -0.25) is 15.2 Å². The van der Waals surface area contributed by atoms with Crippen molar-refractivity contribution in [1.82, 2.24) is 15.2 Å². The number of benzene rings is 1. The SMILES string of the molecule is CC.CC(C)OC=O.Cc1ccc(N(C(=N)c2ccncc2C)C(=O)NC2CCN(C)CC2)cc1. The molecule has 1 saturated heterocycles. The summed E-state index contributed by atoms with van der Waals surface area (Å²) in [5.74, 6) is 0.157. The lowest BCUT2D eigenvalue weighted by molar-refractivity contribution is -0.131. The molecule has 1 aliphatic heterocycles. The van der Waals surface area contributed by atoms with Gasteiger partial charge in [0.2, 0.25) is 0 Å². The first kappa shape index (κ1) is 29.8. The molecule has 1 aliphatic rings. The number of nitrogens with zero attached hydrogens (tertiary/aromatic N) is 3. The van der Waals surface area contributed by atoms with E-state index < -0.39 is 0 Å². The third-order valence-electron chi connectivity index (χ3n) is 5.37. The molecule has 1 aromatic carbocycles. The van der Waals surface area contributed by atoms with E-state index in [1.165, 1.54) is 4.90 Å². The average molecular weight is 484 g/mol. The van der Waals surface area contributed by atoms with Crippen LogP contribution in [0.4, 0.5) is 10.5 Å². The maximum atomic E-state index is 13.1. The number of hydrogen-bond acceptors (Lipinski definition) is 6. The first-order valence-corrected chi connectivity index (χ1v) is 12.2. The highest BCUT2D eigenvalue weighted by molar-refractivity contribution is 6.22. The van der Waals surface area contributed by atoms with Crippen LogP contribution in [0.2, 0.25) is 0 Å². The Kier molecular flexibility index (Phi) is 13.3. The number of amidine groups is 1. The summed E-state index contributed by atoms with van der Waals surface area (Å²) in [4.78, 5) is 30.4. The van der Waals surface area contributed by atoms with Gasteiger partial charge in [0.25, 0.3) is 6.47 Å². The van der Waals surface area contributed by atoms with E-state index in [-0.39, 0.29) is 24.0 Å². The van der Waals surface area contributed by atoms with E-state index in [1.54, 1.807) is 32.3 Å². The molecular weight excluding hydrogens is 442 g/mol. The Morgan fingerprint density at radius 2 is 1.77 bits per heavy atom. The fourth-order valence-electron chi connectivity index (χ4n) is 3.40. The Bertz CT molecular complexity index is 923. The number of aryl methyl sites for hydroxylation is 2. The number of urea groups is 1. The molecule has 0 bridgehead atoms. The number of amides is 2. The number of carbonyl (C=O) groups is 2. The molecule has 1 fully saturated rings. The number of rotatable bonds is 5. The Morgan fingerprint density at radius 3 is 2.26 bits per heavy atom. The summed E-state index contributed by atoms with van der Waals surface area (Å²) >= 11 is 0. The van der Waals surface area contributed by atoms with Gasteiger partial charge in [-0.05, 0) is 84.4 Å². The summed E-state index contributed by atoms with van der Waals surface area (Å²) in [6.07, 6.45) is 5.24. The fraction of sp³-hybridized carbons (Fsp3) is 0.481. The van der Waals surface area contributed by atoms with Crippen molar-refractivity contribution in [3.05, 3.63) is 59.4 Å². The van der Waals surface area contributed by atoms with Gasteiger partial charge in [-0.15, -0.1) is 0 Å². The number of hydrogen-bond donors (Lipinski definition) is 2. The number of likely N-dealkylation sites (tertiary alicyclic amines) is 1. The van der Waals surface area contributed by atoms with Gasteiger partial charge in [-0.2, -0.15) is 0 Å². The van der Waals surface area contributed by atoms with Crippen molar-refractivity contribution < 1.29 is 14.3 Å². The Morgan fingerprint density at radius 1 is 1.17 bits per heavy atom. The largest absolute Gasteiger partial charge is 0.465 e. The fourth-order valence-corrected chi connectivity index (χ4v) is 3.40. The van der Waals surface area contributed by atoms with Crippen LogP contribution in [0.1, 0.15) is 57.2 Å². The second-order valence-corrected chi connectivity index (χ2v) is 8.52. The van der Waals surface area contributed by atoms with Crippen molar-refractivity contribution >= 4 is 24.0 Å². The lowest BCUT2D eigenvalue weighted by atomic mass is 10.1. The van der Waals surface area contributed by atoms with Gasteiger partial charge in [0, 0.05) is 24.0 Å². The highest BCUT2D eigenvalue weighted by Crippen LogP contribution is 2.20. The topological polar surface area (TPSA) is 98.6 Å².